The number of nitrogens with one attached hydrogen (secondary N) is 1. The maximum Gasteiger partial charge on any atom is 0.319 e. The molecule has 0 bridgehead atoms. The minimum absolute atomic E-state index is 0.148. The number of nitrogens with zero attached hydrogens (tertiary/aromatic N) is 1. The summed E-state index contributed by atoms with van der Waals surface area (Å²) in [5, 5.41) is 11.9. The number of pyridine rings is 1. The van der Waals surface area contributed by atoms with Gasteiger partial charge in [0.1, 0.15) is 16.9 Å². The summed E-state index contributed by atoms with van der Waals surface area (Å²) >= 11 is 0. The van der Waals surface area contributed by atoms with E-state index in [4.69, 9.17) is 9.47 Å². The number of aliphatic carboxylic acids is 1. The van der Waals surface area contributed by atoms with E-state index >= 15 is 0 Å². The topological polar surface area (TPSA) is 97.8 Å². The third-order valence-electron chi connectivity index (χ3n) is 4.39. The molecular formula is C20H22N2O5. The minimum Gasteiger partial charge on any atom is -0.494 e. The lowest BCUT2D eigenvalue weighted by molar-refractivity contribution is -0.149. The molecule has 0 unspecified atom stereocenters. The summed E-state index contributed by atoms with van der Waals surface area (Å²) in [4.78, 5) is 27.6. The lowest BCUT2D eigenvalue weighted by atomic mass is 10.1. The van der Waals surface area contributed by atoms with E-state index in [9.17, 15) is 14.7 Å². The summed E-state index contributed by atoms with van der Waals surface area (Å²) in [6, 6.07) is 10.7. The van der Waals surface area contributed by atoms with Crippen LogP contribution in [0.4, 0.5) is 0 Å². The Hall–Kier alpha value is -3.09. The van der Waals surface area contributed by atoms with E-state index in [2.05, 4.69) is 10.3 Å². The standard InChI is InChI=1S/C20H22N2O5/c1-2-12-26-15-5-7-16(8-6-15)27-17-14(4-3-11-21-17)13-22-18(23)20(9-10-20)19(24)25/h3-8,11H,2,9-10,12-13H2,1H3,(H,22,23)(H,24,25). The van der Waals surface area contributed by atoms with Crippen molar-refractivity contribution in [3.63, 3.8) is 0 Å². The highest BCUT2D eigenvalue weighted by Crippen LogP contribution is 2.46. The van der Waals surface area contributed by atoms with Crippen LogP contribution in [-0.2, 0) is 16.1 Å². The van der Waals surface area contributed by atoms with Gasteiger partial charge in [0.2, 0.25) is 11.8 Å². The summed E-state index contributed by atoms with van der Waals surface area (Å²) in [6.45, 7) is 2.84. The summed E-state index contributed by atoms with van der Waals surface area (Å²) in [5.74, 6) is 0.172. The predicted molar refractivity (Wildman–Crippen MR) is 97.7 cm³/mol. The third kappa shape index (κ3) is 4.36. The van der Waals surface area contributed by atoms with Crippen LogP contribution in [0, 0.1) is 5.41 Å². The largest absolute Gasteiger partial charge is 0.494 e. The zero-order valence-corrected chi connectivity index (χ0v) is 15.1. The van der Waals surface area contributed by atoms with Crippen LogP contribution < -0.4 is 14.8 Å². The molecule has 3 rings (SSSR count). The summed E-state index contributed by atoms with van der Waals surface area (Å²) in [7, 11) is 0. The van der Waals surface area contributed by atoms with Gasteiger partial charge < -0.3 is 19.9 Å². The Morgan fingerprint density at radius 1 is 1.19 bits per heavy atom. The van der Waals surface area contributed by atoms with Gasteiger partial charge in [-0.1, -0.05) is 13.0 Å². The number of carbonyl (C=O) groups is 2. The number of hydrogen-bond donors (Lipinski definition) is 2. The quantitative estimate of drug-likeness (QED) is 0.658. The van der Waals surface area contributed by atoms with Gasteiger partial charge in [0, 0.05) is 18.3 Å². The van der Waals surface area contributed by atoms with Crippen molar-refractivity contribution in [2.45, 2.75) is 32.7 Å². The molecule has 1 aromatic carbocycles. The van der Waals surface area contributed by atoms with Crippen LogP contribution in [0.3, 0.4) is 0 Å². The van der Waals surface area contributed by atoms with Gasteiger partial charge in [-0.3, -0.25) is 9.59 Å². The SMILES string of the molecule is CCCOc1ccc(Oc2ncccc2CNC(=O)C2(C(=O)O)CC2)cc1. The maximum absolute atomic E-state index is 12.2. The van der Waals surface area contributed by atoms with Crippen molar-refractivity contribution in [2.24, 2.45) is 5.41 Å². The summed E-state index contributed by atoms with van der Waals surface area (Å²) in [5.41, 5.74) is -0.601. The second-order valence-corrected chi connectivity index (χ2v) is 6.46. The molecule has 0 spiro atoms. The third-order valence-corrected chi connectivity index (χ3v) is 4.39. The van der Waals surface area contributed by atoms with Gasteiger partial charge in [0.15, 0.2) is 0 Å². The molecule has 27 heavy (non-hydrogen) atoms. The molecule has 1 aliphatic rings. The van der Waals surface area contributed by atoms with Crippen LogP contribution in [0.2, 0.25) is 0 Å². The number of aromatic nitrogens is 1. The Morgan fingerprint density at radius 2 is 1.89 bits per heavy atom. The highest BCUT2D eigenvalue weighted by molar-refractivity contribution is 6.04. The number of carboxylic acids is 1. The van der Waals surface area contributed by atoms with E-state index in [0.717, 1.165) is 12.2 Å². The van der Waals surface area contributed by atoms with Crippen LogP contribution in [0.1, 0.15) is 31.7 Å². The average Bonchev–Trinajstić information content (AvgIpc) is 3.49. The van der Waals surface area contributed by atoms with E-state index in [1.165, 1.54) is 0 Å². The molecule has 1 aliphatic carbocycles. The Labute approximate surface area is 157 Å². The number of carboxylic acid groups (broad SMARTS) is 1. The van der Waals surface area contributed by atoms with E-state index in [1.54, 1.807) is 30.5 Å². The van der Waals surface area contributed by atoms with Gasteiger partial charge in [-0.2, -0.15) is 0 Å². The molecule has 0 radical (unpaired) electrons. The van der Waals surface area contributed by atoms with E-state index < -0.39 is 17.3 Å². The Morgan fingerprint density at radius 3 is 2.52 bits per heavy atom. The van der Waals surface area contributed by atoms with E-state index in [-0.39, 0.29) is 6.54 Å². The predicted octanol–water partition coefficient (Wildman–Crippen LogP) is 3.14. The molecule has 7 heteroatoms. The molecule has 7 nitrogen and oxygen atoms in total. The molecule has 0 atom stereocenters. The van der Waals surface area contributed by atoms with Crippen LogP contribution in [0.5, 0.6) is 17.4 Å². The maximum atomic E-state index is 12.2. The fourth-order valence-electron chi connectivity index (χ4n) is 2.59. The second kappa shape index (κ2) is 8.07. The molecule has 0 saturated heterocycles. The van der Waals surface area contributed by atoms with Crippen LogP contribution in [-0.4, -0.2) is 28.6 Å². The van der Waals surface area contributed by atoms with Crippen molar-refractivity contribution in [3.05, 3.63) is 48.2 Å². The fourth-order valence-corrected chi connectivity index (χ4v) is 2.59. The fraction of sp³-hybridized carbons (Fsp3) is 0.350. The van der Waals surface area contributed by atoms with E-state index in [1.807, 2.05) is 19.1 Å². The van der Waals surface area contributed by atoms with Crippen molar-refractivity contribution in [2.75, 3.05) is 6.61 Å². The number of benzene rings is 1. The highest BCUT2D eigenvalue weighted by atomic mass is 16.5. The van der Waals surface area contributed by atoms with Gasteiger partial charge in [-0.15, -0.1) is 0 Å². The van der Waals surface area contributed by atoms with Crippen molar-refractivity contribution in [1.82, 2.24) is 10.3 Å². The summed E-state index contributed by atoms with van der Waals surface area (Å²) < 4.78 is 11.4. The smallest absolute Gasteiger partial charge is 0.319 e. The van der Waals surface area contributed by atoms with Gasteiger partial charge >= 0.3 is 5.97 Å². The molecule has 0 aliphatic heterocycles. The van der Waals surface area contributed by atoms with Crippen LogP contribution in [0.25, 0.3) is 0 Å². The van der Waals surface area contributed by atoms with Crippen molar-refractivity contribution in [1.29, 1.82) is 0 Å². The first-order chi connectivity index (χ1) is 13.0. The zero-order chi connectivity index (χ0) is 19.3. The first-order valence-corrected chi connectivity index (χ1v) is 8.91. The number of hydrogen-bond acceptors (Lipinski definition) is 5. The molecule has 1 fully saturated rings. The van der Waals surface area contributed by atoms with Gasteiger partial charge in [0.05, 0.1) is 6.61 Å². The Bertz CT molecular complexity index is 815. The Kier molecular flexibility index (Phi) is 5.59. The lowest BCUT2D eigenvalue weighted by Crippen LogP contribution is -2.36. The van der Waals surface area contributed by atoms with Gasteiger partial charge in [0.25, 0.3) is 0 Å². The molecular weight excluding hydrogens is 348 g/mol. The number of rotatable bonds is 9. The first-order valence-electron chi connectivity index (χ1n) is 8.91. The van der Waals surface area contributed by atoms with Crippen LogP contribution in [0.15, 0.2) is 42.6 Å². The first kappa shape index (κ1) is 18.7. The van der Waals surface area contributed by atoms with Gasteiger partial charge in [-0.25, -0.2) is 4.98 Å². The molecule has 142 valence electrons. The van der Waals surface area contributed by atoms with Crippen molar-refractivity contribution >= 4 is 11.9 Å². The minimum atomic E-state index is -1.27. The zero-order valence-electron chi connectivity index (χ0n) is 15.1. The van der Waals surface area contributed by atoms with E-state index in [0.29, 0.717) is 36.6 Å². The van der Waals surface area contributed by atoms with Crippen LogP contribution >= 0.6 is 0 Å². The number of ether oxygens (including phenoxy) is 2. The lowest BCUT2D eigenvalue weighted by Gasteiger charge is -2.13. The average molecular weight is 370 g/mol. The molecule has 1 saturated carbocycles. The normalized spacial score (nSPS) is 14.3. The number of amides is 1. The Balaban J connectivity index is 1.64. The summed E-state index contributed by atoms with van der Waals surface area (Å²) in [6.07, 6.45) is 3.28. The van der Waals surface area contributed by atoms with Crippen molar-refractivity contribution in [3.8, 4) is 17.4 Å². The molecule has 2 aromatic rings. The number of carbonyl (C=O) groups excluding carboxylic acids is 1. The van der Waals surface area contributed by atoms with Crippen molar-refractivity contribution < 1.29 is 24.2 Å². The molecule has 1 amide bonds. The monoisotopic (exact) mass is 370 g/mol. The molecule has 1 heterocycles. The molecule has 2 N–H and O–H groups in total. The highest BCUT2D eigenvalue weighted by Gasteiger charge is 2.56. The van der Waals surface area contributed by atoms with Gasteiger partial charge in [-0.05, 0) is 49.6 Å². The second-order valence-electron chi connectivity index (χ2n) is 6.46. The molecule has 1 aromatic heterocycles.